The fourth-order valence-corrected chi connectivity index (χ4v) is 3.46. The van der Waals surface area contributed by atoms with Crippen molar-refractivity contribution >= 4 is 17.5 Å². The number of hydrogen-bond acceptors (Lipinski definition) is 4. The van der Waals surface area contributed by atoms with Gasteiger partial charge in [0.2, 0.25) is 0 Å². The number of nitrogens with zero attached hydrogens (tertiary/aromatic N) is 3. The summed E-state index contributed by atoms with van der Waals surface area (Å²) in [5, 5.41) is 9.14. The average Bonchev–Trinajstić information content (AvgIpc) is 3.01. The molecule has 0 saturated carbocycles. The molecule has 1 aromatic heterocycles. The van der Waals surface area contributed by atoms with E-state index in [2.05, 4.69) is 36.2 Å². The molecule has 0 aliphatic heterocycles. The van der Waals surface area contributed by atoms with Gasteiger partial charge in [-0.3, -0.25) is 9.36 Å². The molecular weight excluding hydrogens is 330 g/mol. The smallest absolute Gasteiger partial charge is 0.196 e. The Morgan fingerprint density at radius 1 is 1.00 bits per heavy atom. The van der Waals surface area contributed by atoms with Crippen LogP contribution in [0.15, 0.2) is 53.7 Å². The Morgan fingerprint density at radius 3 is 2.32 bits per heavy atom. The summed E-state index contributed by atoms with van der Waals surface area (Å²) >= 11 is 1.42. The maximum atomic E-state index is 12.4. The first-order valence-corrected chi connectivity index (χ1v) is 9.31. The molecule has 0 N–H and O–H groups in total. The van der Waals surface area contributed by atoms with Crippen LogP contribution < -0.4 is 0 Å². The molecule has 0 aliphatic rings. The van der Waals surface area contributed by atoms with Crippen molar-refractivity contribution in [3.8, 4) is 5.69 Å². The Balaban J connectivity index is 1.75. The van der Waals surface area contributed by atoms with Crippen LogP contribution in [0.2, 0.25) is 0 Å². The molecule has 0 unspecified atom stereocenters. The van der Waals surface area contributed by atoms with Gasteiger partial charge in [-0.25, -0.2) is 0 Å². The van der Waals surface area contributed by atoms with E-state index in [4.69, 9.17) is 0 Å². The standard InChI is InChI=1S/C20H21N3OS/c1-4-16-7-9-17(10-8-16)19(24)13-25-20-22-21-15(3)23(20)18-11-5-14(2)6-12-18/h5-12H,4,13H2,1-3H3. The summed E-state index contributed by atoms with van der Waals surface area (Å²) in [7, 11) is 0. The highest BCUT2D eigenvalue weighted by molar-refractivity contribution is 7.99. The summed E-state index contributed by atoms with van der Waals surface area (Å²) in [6.45, 7) is 6.08. The van der Waals surface area contributed by atoms with Gasteiger partial charge in [0.1, 0.15) is 5.82 Å². The van der Waals surface area contributed by atoms with E-state index in [-0.39, 0.29) is 5.78 Å². The van der Waals surface area contributed by atoms with E-state index in [0.717, 1.165) is 28.7 Å². The number of ketones is 1. The van der Waals surface area contributed by atoms with Crippen molar-refractivity contribution < 1.29 is 4.79 Å². The summed E-state index contributed by atoms with van der Waals surface area (Å²) in [6, 6.07) is 16.0. The van der Waals surface area contributed by atoms with Crippen LogP contribution in [0.1, 0.15) is 34.2 Å². The summed E-state index contributed by atoms with van der Waals surface area (Å²) in [4.78, 5) is 12.4. The lowest BCUT2D eigenvalue weighted by molar-refractivity contribution is 0.102. The number of carbonyl (C=O) groups excluding carboxylic acids is 1. The molecule has 3 aromatic rings. The molecule has 1 heterocycles. The van der Waals surface area contributed by atoms with Gasteiger partial charge < -0.3 is 0 Å². The predicted octanol–water partition coefficient (Wildman–Crippen LogP) is 4.42. The molecule has 5 heteroatoms. The first-order valence-electron chi connectivity index (χ1n) is 8.32. The molecule has 0 amide bonds. The van der Waals surface area contributed by atoms with Crippen molar-refractivity contribution in [3.63, 3.8) is 0 Å². The Morgan fingerprint density at radius 2 is 1.68 bits per heavy atom. The van der Waals surface area contributed by atoms with Crippen LogP contribution in [0.25, 0.3) is 5.69 Å². The van der Waals surface area contributed by atoms with Crippen LogP contribution >= 0.6 is 11.8 Å². The molecular formula is C20H21N3OS. The van der Waals surface area contributed by atoms with Crippen LogP contribution in [0.4, 0.5) is 0 Å². The molecule has 3 rings (SSSR count). The second-order valence-corrected chi connectivity index (χ2v) is 6.91. The molecule has 0 aliphatic carbocycles. The van der Waals surface area contributed by atoms with E-state index < -0.39 is 0 Å². The third kappa shape index (κ3) is 3.99. The zero-order valence-corrected chi connectivity index (χ0v) is 15.5. The van der Waals surface area contributed by atoms with Gasteiger partial charge >= 0.3 is 0 Å². The van der Waals surface area contributed by atoms with Crippen molar-refractivity contribution in [2.24, 2.45) is 0 Å². The number of aryl methyl sites for hydroxylation is 3. The first kappa shape index (κ1) is 17.4. The van der Waals surface area contributed by atoms with Crippen molar-refractivity contribution in [2.75, 3.05) is 5.75 Å². The quantitative estimate of drug-likeness (QED) is 0.487. The lowest BCUT2D eigenvalue weighted by Gasteiger charge is -2.08. The molecule has 0 saturated heterocycles. The number of carbonyl (C=O) groups is 1. The van der Waals surface area contributed by atoms with Gasteiger partial charge in [-0.15, -0.1) is 10.2 Å². The number of benzene rings is 2. The highest BCUT2D eigenvalue weighted by atomic mass is 32.2. The molecule has 0 spiro atoms. The molecule has 25 heavy (non-hydrogen) atoms. The minimum Gasteiger partial charge on any atom is -0.293 e. The molecule has 2 aromatic carbocycles. The predicted molar refractivity (Wildman–Crippen MR) is 102 cm³/mol. The lowest BCUT2D eigenvalue weighted by atomic mass is 10.1. The third-order valence-electron chi connectivity index (χ3n) is 4.10. The number of rotatable bonds is 6. The van der Waals surface area contributed by atoms with Gasteiger partial charge in [0.25, 0.3) is 0 Å². The minimum absolute atomic E-state index is 0.101. The monoisotopic (exact) mass is 351 g/mol. The zero-order valence-electron chi connectivity index (χ0n) is 14.7. The van der Waals surface area contributed by atoms with Crippen LogP contribution in [0.3, 0.4) is 0 Å². The second kappa shape index (κ2) is 7.66. The highest BCUT2D eigenvalue weighted by Crippen LogP contribution is 2.23. The van der Waals surface area contributed by atoms with Crippen LogP contribution in [0, 0.1) is 13.8 Å². The van der Waals surface area contributed by atoms with E-state index in [1.54, 1.807) is 0 Å². The van der Waals surface area contributed by atoms with E-state index in [9.17, 15) is 4.79 Å². The zero-order chi connectivity index (χ0) is 17.8. The van der Waals surface area contributed by atoms with Crippen molar-refractivity contribution in [2.45, 2.75) is 32.3 Å². The Labute approximate surface area is 152 Å². The van der Waals surface area contributed by atoms with Crippen LogP contribution in [0.5, 0.6) is 0 Å². The second-order valence-electron chi connectivity index (χ2n) is 5.96. The molecule has 128 valence electrons. The van der Waals surface area contributed by atoms with Gasteiger partial charge in [0, 0.05) is 11.3 Å². The molecule has 4 nitrogen and oxygen atoms in total. The SMILES string of the molecule is CCc1ccc(C(=O)CSc2nnc(C)n2-c2ccc(C)cc2)cc1. The largest absolute Gasteiger partial charge is 0.293 e. The van der Waals surface area contributed by atoms with E-state index in [1.165, 1.54) is 22.9 Å². The topological polar surface area (TPSA) is 47.8 Å². The fraction of sp³-hybridized carbons (Fsp3) is 0.250. The van der Waals surface area contributed by atoms with E-state index in [1.807, 2.05) is 47.9 Å². The summed E-state index contributed by atoms with van der Waals surface area (Å²) in [5.74, 6) is 1.25. The summed E-state index contributed by atoms with van der Waals surface area (Å²) in [5.41, 5.74) is 4.19. The van der Waals surface area contributed by atoms with Crippen LogP contribution in [-0.2, 0) is 6.42 Å². The van der Waals surface area contributed by atoms with Crippen molar-refractivity contribution in [3.05, 3.63) is 71.0 Å². The Hall–Kier alpha value is -2.40. The van der Waals surface area contributed by atoms with Crippen molar-refractivity contribution in [1.29, 1.82) is 0 Å². The van der Waals surface area contributed by atoms with Gasteiger partial charge in [-0.2, -0.15) is 0 Å². The molecule has 0 radical (unpaired) electrons. The lowest BCUT2D eigenvalue weighted by Crippen LogP contribution is -2.05. The van der Waals surface area contributed by atoms with Gasteiger partial charge in [-0.1, -0.05) is 60.6 Å². The minimum atomic E-state index is 0.101. The van der Waals surface area contributed by atoms with E-state index >= 15 is 0 Å². The molecule has 0 atom stereocenters. The van der Waals surface area contributed by atoms with Crippen molar-refractivity contribution in [1.82, 2.24) is 14.8 Å². The summed E-state index contributed by atoms with van der Waals surface area (Å²) in [6.07, 6.45) is 0.974. The number of hydrogen-bond donors (Lipinski definition) is 0. The van der Waals surface area contributed by atoms with E-state index in [0.29, 0.717) is 5.75 Å². The number of thioether (sulfide) groups is 1. The number of Topliss-reactive ketones (excluding diaryl/α,β-unsaturated/α-hetero) is 1. The Kier molecular flexibility index (Phi) is 5.34. The highest BCUT2D eigenvalue weighted by Gasteiger charge is 2.14. The maximum Gasteiger partial charge on any atom is 0.196 e. The average molecular weight is 351 g/mol. The van der Waals surface area contributed by atoms with Crippen LogP contribution in [-0.4, -0.2) is 26.3 Å². The third-order valence-corrected chi connectivity index (χ3v) is 5.03. The normalized spacial score (nSPS) is 10.8. The van der Waals surface area contributed by atoms with Gasteiger partial charge in [-0.05, 0) is 38.0 Å². The van der Waals surface area contributed by atoms with Gasteiger partial charge in [0.05, 0.1) is 5.75 Å². The summed E-state index contributed by atoms with van der Waals surface area (Å²) < 4.78 is 1.98. The molecule has 0 fully saturated rings. The maximum absolute atomic E-state index is 12.4. The van der Waals surface area contributed by atoms with Gasteiger partial charge in [0.15, 0.2) is 10.9 Å². The molecule has 0 bridgehead atoms. The Bertz CT molecular complexity index is 867. The first-order chi connectivity index (χ1) is 12.1. The fourth-order valence-electron chi connectivity index (χ4n) is 2.57. The number of aromatic nitrogens is 3.